The van der Waals surface area contributed by atoms with Gasteiger partial charge in [0.15, 0.2) is 9.84 Å². The highest BCUT2D eigenvalue weighted by molar-refractivity contribution is 7.90. The lowest BCUT2D eigenvalue weighted by molar-refractivity contribution is -0.385. The third kappa shape index (κ3) is 4.80. The second-order valence-electron chi connectivity index (χ2n) is 4.64. The van der Waals surface area contributed by atoms with Gasteiger partial charge in [-0.1, -0.05) is 0 Å². The van der Waals surface area contributed by atoms with E-state index in [1.807, 2.05) is 6.92 Å². The van der Waals surface area contributed by atoms with Crippen molar-refractivity contribution in [2.75, 3.05) is 19.8 Å². The summed E-state index contributed by atoms with van der Waals surface area (Å²) in [5.74, 6) is -0.564. The molecule has 0 spiro atoms. The summed E-state index contributed by atoms with van der Waals surface area (Å²) in [4.78, 5) is 21.8. The zero-order valence-corrected chi connectivity index (χ0v) is 12.7. The van der Waals surface area contributed by atoms with Crippen molar-refractivity contribution in [3.05, 3.63) is 33.9 Å². The van der Waals surface area contributed by atoms with Crippen molar-refractivity contribution in [2.45, 2.75) is 17.9 Å². The number of hydrogen-bond donors (Lipinski definition) is 2. The maximum absolute atomic E-state index is 12.0. The highest BCUT2D eigenvalue weighted by Crippen LogP contribution is 2.20. The van der Waals surface area contributed by atoms with E-state index >= 15 is 0 Å². The van der Waals surface area contributed by atoms with Gasteiger partial charge in [0.1, 0.15) is 0 Å². The Morgan fingerprint density at radius 3 is 2.48 bits per heavy atom. The molecule has 0 radical (unpaired) electrons. The van der Waals surface area contributed by atoms with Gasteiger partial charge >= 0.3 is 0 Å². The number of benzene rings is 1. The Kier molecular flexibility index (Phi) is 5.39. The molecule has 0 aliphatic heterocycles. The summed E-state index contributed by atoms with van der Waals surface area (Å²) in [6, 6.07) is 3.12. The maximum Gasteiger partial charge on any atom is 0.271 e. The van der Waals surface area contributed by atoms with Crippen molar-refractivity contribution in [1.29, 1.82) is 0 Å². The minimum atomic E-state index is -3.65. The summed E-state index contributed by atoms with van der Waals surface area (Å²) in [6.07, 6.45) is 0.927. The van der Waals surface area contributed by atoms with Crippen LogP contribution in [0.25, 0.3) is 0 Å². The zero-order chi connectivity index (χ0) is 16.2. The molecule has 0 fully saturated rings. The molecule has 1 unspecified atom stereocenters. The van der Waals surface area contributed by atoms with Gasteiger partial charge in [-0.2, -0.15) is 0 Å². The summed E-state index contributed by atoms with van der Waals surface area (Å²) in [6.45, 7) is 2.15. The van der Waals surface area contributed by atoms with Crippen LogP contribution in [0.1, 0.15) is 17.3 Å². The topological polar surface area (TPSA) is 118 Å². The molecule has 9 heteroatoms. The first-order valence-electron chi connectivity index (χ1n) is 6.10. The number of carbonyl (C=O) groups excluding carboxylic acids is 1. The van der Waals surface area contributed by atoms with Gasteiger partial charge in [-0.25, -0.2) is 8.42 Å². The number of likely N-dealkylation sites (N-methyl/N-ethyl adjacent to an activating group) is 1. The Balaban J connectivity index is 3.14. The highest BCUT2D eigenvalue weighted by atomic mass is 32.2. The largest absolute Gasteiger partial charge is 0.350 e. The van der Waals surface area contributed by atoms with Crippen LogP contribution in [0.3, 0.4) is 0 Å². The lowest BCUT2D eigenvalue weighted by Crippen LogP contribution is -2.37. The quantitative estimate of drug-likeness (QED) is 0.577. The molecule has 1 amide bonds. The Morgan fingerprint density at radius 1 is 1.38 bits per heavy atom. The molecule has 0 saturated carbocycles. The number of non-ortho nitro benzene ring substituents is 1. The monoisotopic (exact) mass is 315 g/mol. The predicted octanol–water partition coefficient (Wildman–Crippen LogP) is 0.336. The highest BCUT2D eigenvalue weighted by Gasteiger charge is 2.19. The van der Waals surface area contributed by atoms with Gasteiger partial charge in [0, 0.05) is 36.5 Å². The molecule has 0 aromatic heterocycles. The molecule has 116 valence electrons. The molecular formula is C12H17N3O5S. The first-order valence-corrected chi connectivity index (χ1v) is 7.99. The van der Waals surface area contributed by atoms with Crippen LogP contribution in [0.15, 0.2) is 23.1 Å². The van der Waals surface area contributed by atoms with Gasteiger partial charge in [0.05, 0.1) is 9.82 Å². The number of amides is 1. The van der Waals surface area contributed by atoms with Crippen molar-refractivity contribution < 1.29 is 18.1 Å². The average Bonchev–Trinajstić information content (AvgIpc) is 2.42. The fourth-order valence-electron chi connectivity index (χ4n) is 1.48. The smallest absolute Gasteiger partial charge is 0.271 e. The van der Waals surface area contributed by atoms with E-state index in [9.17, 15) is 23.3 Å². The van der Waals surface area contributed by atoms with Gasteiger partial charge in [-0.05, 0) is 20.0 Å². The van der Waals surface area contributed by atoms with Crippen LogP contribution < -0.4 is 10.6 Å². The van der Waals surface area contributed by atoms with Gasteiger partial charge in [-0.15, -0.1) is 0 Å². The summed E-state index contributed by atoms with van der Waals surface area (Å²) >= 11 is 0. The van der Waals surface area contributed by atoms with E-state index in [2.05, 4.69) is 10.6 Å². The van der Waals surface area contributed by atoms with E-state index in [1.54, 1.807) is 7.05 Å². The number of hydrogen-bond acceptors (Lipinski definition) is 6. The number of sulfone groups is 1. The van der Waals surface area contributed by atoms with Crippen LogP contribution in [-0.4, -0.2) is 45.1 Å². The lowest BCUT2D eigenvalue weighted by atomic mass is 10.2. The first-order chi connectivity index (χ1) is 9.65. The molecule has 0 bridgehead atoms. The minimum Gasteiger partial charge on any atom is -0.350 e. The van der Waals surface area contributed by atoms with E-state index < -0.39 is 26.4 Å². The molecule has 0 aliphatic carbocycles. The number of nitro groups is 1. The zero-order valence-electron chi connectivity index (χ0n) is 11.9. The summed E-state index contributed by atoms with van der Waals surface area (Å²) in [5.41, 5.74) is -0.502. The van der Waals surface area contributed by atoms with Crippen LogP contribution in [0.4, 0.5) is 5.69 Å². The predicted molar refractivity (Wildman–Crippen MR) is 77.1 cm³/mol. The van der Waals surface area contributed by atoms with Crippen LogP contribution >= 0.6 is 0 Å². The van der Waals surface area contributed by atoms with E-state index in [0.717, 1.165) is 24.5 Å². The Labute approximate surface area is 122 Å². The van der Waals surface area contributed by atoms with Crippen LogP contribution in [0.5, 0.6) is 0 Å². The van der Waals surface area contributed by atoms with Crippen molar-refractivity contribution >= 4 is 21.4 Å². The Hall–Kier alpha value is -2.00. The standard InChI is InChI=1S/C12H17N3O5S/c1-8(13-2)7-14-12(16)9-4-10(15(17)18)6-11(5-9)21(3,19)20/h4-6,8,13H,7H2,1-3H3,(H,14,16). The molecule has 1 aromatic rings. The third-order valence-corrected chi connectivity index (χ3v) is 3.95. The normalized spacial score (nSPS) is 12.7. The number of nitrogens with one attached hydrogen (secondary N) is 2. The number of rotatable bonds is 6. The number of carbonyl (C=O) groups is 1. The minimum absolute atomic E-state index is 0.0158. The van der Waals surface area contributed by atoms with Crippen molar-refractivity contribution in [3.63, 3.8) is 0 Å². The molecular weight excluding hydrogens is 298 g/mol. The molecule has 8 nitrogen and oxygen atoms in total. The van der Waals surface area contributed by atoms with Crippen molar-refractivity contribution in [1.82, 2.24) is 10.6 Å². The van der Waals surface area contributed by atoms with E-state index in [0.29, 0.717) is 6.54 Å². The van der Waals surface area contributed by atoms with Gasteiger partial charge < -0.3 is 10.6 Å². The molecule has 1 rings (SSSR count). The second-order valence-corrected chi connectivity index (χ2v) is 6.66. The van der Waals surface area contributed by atoms with Gasteiger partial charge in [0.2, 0.25) is 0 Å². The van der Waals surface area contributed by atoms with E-state index in [-0.39, 0.29) is 16.5 Å². The van der Waals surface area contributed by atoms with Crippen LogP contribution in [0, 0.1) is 10.1 Å². The fourth-order valence-corrected chi connectivity index (χ4v) is 2.16. The molecule has 0 aliphatic rings. The summed E-state index contributed by atoms with van der Waals surface area (Å²) in [7, 11) is -1.92. The van der Waals surface area contributed by atoms with Crippen molar-refractivity contribution in [3.8, 4) is 0 Å². The second kappa shape index (κ2) is 6.64. The van der Waals surface area contributed by atoms with Gasteiger partial charge in [-0.3, -0.25) is 14.9 Å². The molecule has 0 saturated heterocycles. The number of nitro benzene ring substituents is 1. The van der Waals surface area contributed by atoms with Crippen LogP contribution in [-0.2, 0) is 9.84 Å². The van der Waals surface area contributed by atoms with E-state index in [1.165, 1.54) is 0 Å². The van der Waals surface area contributed by atoms with E-state index in [4.69, 9.17) is 0 Å². The molecule has 1 aromatic carbocycles. The number of nitrogens with zero attached hydrogens (tertiary/aromatic N) is 1. The first kappa shape index (κ1) is 17.1. The third-order valence-electron chi connectivity index (χ3n) is 2.85. The van der Waals surface area contributed by atoms with Crippen LogP contribution in [0.2, 0.25) is 0 Å². The lowest BCUT2D eigenvalue weighted by Gasteiger charge is -2.11. The Bertz CT molecular complexity index is 657. The Morgan fingerprint density at radius 2 is 2.00 bits per heavy atom. The van der Waals surface area contributed by atoms with Crippen molar-refractivity contribution in [2.24, 2.45) is 0 Å². The summed E-state index contributed by atoms with van der Waals surface area (Å²) < 4.78 is 23.1. The SMILES string of the molecule is CNC(C)CNC(=O)c1cc([N+](=O)[O-])cc(S(C)(=O)=O)c1. The molecule has 0 heterocycles. The molecule has 2 N–H and O–H groups in total. The fraction of sp³-hybridized carbons (Fsp3) is 0.417. The maximum atomic E-state index is 12.0. The summed E-state index contributed by atoms with van der Waals surface area (Å²) in [5, 5.41) is 16.3. The molecule has 1 atom stereocenters. The average molecular weight is 315 g/mol. The molecule has 21 heavy (non-hydrogen) atoms. The van der Waals surface area contributed by atoms with Gasteiger partial charge in [0.25, 0.3) is 11.6 Å².